The summed E-state index contributed by atoms with van der Waals surface area (Å²) in [6, 6.07) is 0.943. The zero-order valence-electron chi connectivity index (χ0n) is 11.2. The molecule has 2 saturated heterocycles. The Morgan fingerprint density at radius 1 is 1.21 bits per heavy atom. The van der Waals surface area contributed by atoms with E-state index in [2.05, 4.69) is 10.6 Å². The third-order valence-corrected chi connectivity index (χ3v) is 4.27. The van der Waals surface area contributed by atoms with Crippen LogP contribution in [0.25, 0.3) is 0 Å². The second kappa shape index (κ2) is 5.36. The molecule has 106 valence electrons. The summed E-state index contributed by atoms with van der Waals surface area (Å²) in [7, 11) is 0. The number of hydrogen-bond donors (Lipinski definition) is 2. The van der Waals surface area contributed by atoms with Gasteiger partial charge in [-0.2, -0.15) is 0 Å². The van der Waals surface area contributed by atoms with Crippen molar-refractivity contribution in [2.45, 2.75) is 37.8 Å². The number of carbonyl (C=O) groups is 2. The van der Waals surface area contributed by atoms with Crippen molar-refractivity contribution >= 4 is 11.9 Å². The molecule has 6 nitrogen and oxygen atoms in total. The van der Waals surface area contributed by atoms with Crippen molar-refractivity contribution in [3.8, 4) is 0 Å². The summed E-state index contributed by atoms with van der Waals surface area (Å²) in [5, 5.41) is 6.10. The molecule has 3 amide bonds. The minimum atomic E-state index is 0.0557. The van der Waals surface area contributed by atoms with Gasteiger partial charge in [-0.15, -0.1) is 0 Å². The number of piperidine rings is 1. The Bertz CT molecular complexity index is 362. The number of amides is 3. The van der Waals surface area contributed by atoms with E-state index in [4.69, 9.17) is 0 Å². The highest BCUT2D eigenvalue weighted by atomic mass is 16.2. The molecule has 2 heterocycles. The summed E-state index contributed by atoms with van der Waals surface area (Å²) in [5.41, 5.74) is 0. The summed E-state index contributed by atoms with van der Waals surface area (Å²) in [5.74, 6) is 0.205. The van der Waals surface area contributed by atoms with E-state index in [0.717, 1.165) is 39.0 Å². The molecule has 0 radical (unpaired) electrons. The van der Waals surface area contributed by atoms with Crippen molar-refractivity contribution in [3.05, 3.63) is 0 Å². The Hall–Kier alpha value is -1.30. The first-order chi connectivity index (χ1) is 9.24. The number of carbonyl (C=O) groups excluding carboxylic acids is 2. The molecule has 0 bridgehead atoms. The fraction of sp³-hybridized carbons (Fsp3) is 0.846. The van der Waals surface area contributed by atoms with Gasteiger partial charge in [-0.3, -0.25) is 4.79 Å². The third-order valence-electron chi connectivity index (χ3n) is 4.27. The summed E-state index contributed by atoms with van der Waals surface area (Å²) < 4.78 is 0. The van der Waals surface area contributed by atoms with Crippen molar-refractivity contribution in [1.82, 2.24) is 20.4 Å². The monoisotopic (exact) mass is 266 g/mol. The van der Waals surface area contributed by atoms with Crippen LogP contribution in [0.4, 0.5) is 4.79 Å². The van der Waals surface area contributed by atoms with Gasteiger partial charge in [0, 0.05) is 38.3 Å². The average Bonchev–Trinajstić information content (AvgIpc) is 3.17. The largest absolute Gasteiger partial charge is 0.341 e. The summed E-state index contributed by atoms with van der Waals surface area (Å²) in [4.78, 5) is 27.4. The quantitative estimate of drug-likeness (QED) is 0.738. The van der Waals surface area contributed by atoms with E-state index in [0.29, 0.717) is 18.6 Å². The van der Waals surface area contributed by atoms with Crippen molar-refractivity contribution in [2.24, 2.45) is 0 Å². The van der Waals surface area contributed by atoms with Crippen LogP contribution in [0.5, 0.6) is 0 Å². The Morgan fingerprint density at radius 2 is 1.95 bits per heavy atom. The van der Waals surface area contributed by atoms with Crippen LogP contribution in [-0.4, -0.2) is 66.5 Å². The molecule has 1 saturated carbocycles. The first-order valence-electron chi connectivity index (χ1n) is 7.29. The predicted molar refractivity (Wildman–Crippen MR) is 70.7 cm³/mol. The van der Waals surface area contributed by atoms with Gasteiger partial charge in [0.25, 0.3) is 0 Å². The van der Waals surface area contributed by atoms with Crippen LogP contribution in [0.15, 0.2) is 0 Å². The van der Waals surface area contributed by atoms with E-state index in [1.165, 1.54) is 12.8 Å². The first-order valence-corrected chi connectivity index (χ1v) is 7.29. The molecule has 0 aromatic heterocycles. The van der Waals surface area contributed by atoms with E-state index in [9.17, 15) is 9.59 Å². The van der Waals surface area contributed by atoms with Crippen LogP contribution in [0.1, 0.15) is 25.7 Å². The number of rotatable bonds is 4. The molecule has 0 atom stereocenters. The smallest absolute Gasteiger partial charge is 0.317 e. The SMILES string of the molecule is O=C(CNC1CC1)N1CCC(N2CCNC2=O)CC1. The normalized spacial score (nSPS) is 24.7. The molecule has 6 heteroatoms. The topological polar surface area (TPSA) is 64.7 Å². The highest BCUT2D eigenvalue weighted by Crippen LogP contribution is 2.20. The molecule has 19 heavy (non-hydrogen) atoms. The lowest BCUT2D eigenvalue weighted by Crippen LogP contribution is -2.49. The fourth-order valence-corrected chi connectivity index (χ4v) is 2.89. The van der Waals surface area contributed by atoms with Gasteiger partial charge in [0.05, 0.1) is 6.54 Å². The van der Waals surface area contributed by atoms with Gasteiger partial charge >= 0.3 is 6.03 Å². The molecule has 0 aromatic carbocycles. The summed E-state index contributed by atoms with van der Waals surface area (Å²) in [6.07, 6.45) is 4.23. The molecule has 2 N–H and O–H groups in total. The molecule has 3 rings (SSSR count). The fourth-order valence-electron chi connectivity index (χ4n) is 2.89. The molecule has 3 fully saturated rings. The van der Waals surface area contributed by atoms with Gasteiger partial charge in [0.1, 0.15) is 0 Å². The van der Waals surface area contributed by atoms with Gasteiger partial charge in [-0.05, 0) is 25.7 Å². The second-order valence-corrected chi connectivity index (χ2v) is 5.69. The summed E-state index contributed by atoms with van der Waals surface area (Å²) >= 11 is 0. The van der Waals surface area contributed by atoms with E-state index in [1.807, 2.05) is 9.80 Å². The van der Waals surface area contributed by atoms with Crippen molar-refractivity contribution in [1.29, 1.82) is 0 Å². The van der Waals surface area contributed by atoms with Crippen LogP contribution in [0.3, 0.4) is 0 Å². The Kier molecular flexibility index (Phi) is 3.59. The lowest BCUT2D eigenvalue weighted by Gasteiger charge is -2.36. The zero-order valence-corrected chi connectivity index (χ0v) is 11.2. The lowest BCUT2D eigenvalue weighted by atomic mass is 10.0. The molecule has 0 unspecified atom stereocenters. The highest BCUT2D eigenvalue weighted by Gasteiger charge is 2.32. The van der Waals surface area contributed by atoms with Gasteiger partial charge in [-0.25, -0.2) is 4.79 Å². The zero-order chi connectivity index (χ0) is 13.2. The Balaban J connectivity index is 1.43. The molecular weight excluding hydrogens is 244 g/mol. The number of hydrogen-bond acceptors (Lipinski definition) is 3. The van der Waals surface area contributed by atoms with E-state index < -0.39 is 0 Å². The lowest BCUT2D eigenvalue weighted by molar-refractivity contribution is -0.131. The van der Waals surface area contributed by atoms with Crippen LogP contribution in [0.2, 0.25) is 0 Å². The molecule has 0 aromatic rings. The highest BCUT2D eigenvalue weighted by molar-refractivity contribution is 5.79. The maximum atomic E-state index is 12.0. The van der Waals surface area contributed by atoms with E-state index >= 15 is 0 Å². The Morgan fingerprint density at radius 3 is 2.53 bits per heavy atom. The molecule has 3 aliphatic rings. The minimum absolute atomic E-state index is 0.0557. The van der Waals surface area contributed by atoms with Crippen molar-refractivity contribution in [3.63, 3.8) is 0 Å². The maximum Gasteiger partial charge on any atom is 0.317 e. The number of nitrogens with zero attached hydrogens (tertiary/aromatic N) is 2. The van der Waals surface area contributed by atoms with Gasteiger partial charge in [-0.1, -0.05) is 0 Å². The van der Waals surface area contributed by atoms with Crippen molar-refractivity contribution < 1.29 is 9.59 Å². The van der Waals surface area contributed by atoms with Crippen LogP contribution in [-0.2, 0) is 4.79 Å². The maximum absolute atomic E-state index is 12.0. The van der Waals surface area contributed by atoms with Gasteiger partial charge < -0.3 is 20.4 Å². The van der Waals surface area contributed by atoms with Crippen molar-refractivity contribution in [2.75, 3.05) is 32.7 Å². The van der Waals surface area contributed by atoms with Crippen LogP contribution in [0, 0.1) is 0 Å². The van der Waals surface area contributed by atoms with Crippen LogP contribution < -0.4 is 10.6 Å². The number of urea groups is 1. The second-order valence-electron chi connectivity index (χ2n) is 5.69. The first kappa shape index (κ1) is 12.7. The van der Waals surface area contributed by atoms with Gasteiger partial charge in [0.15, 0.2) is 0 Å². The molecular formula is C13H22N4O2. The predicted octanol–water partition coefficient (Wildman–Crippen LogP) is -0.245. The molecule has 0 spiro atoms. The average molecular weight is 266 g/mol. The number of nitrogens with one attached hydrogen (secondary N) is 2. The summed E-state index contributed by atoms with van der Waals surface area (Å²) in [6.45, 7) is 3.59. The van der Waals surface area contributed by atoms with Gasteiger partial charge in [0.2, 0.25) is 5.91 Å². The van der Waals surface area contributed by atoms with Crippen LogP contribution >= 0.6 is 0 Å². The Labute approximate surface area is 113 Å². The number of likely N-dealkylation sites (tertiary alicyclic amines) is 1. The minimum Gasteiger partial charge on any atom is -0.341 e. The molecule has 1 aliphatic carbocycles. The standard InChI is InChI=1S/C13H22N4O2/c18-12(9-15-10-1-2-10)16-6-3-11(4-7-16)17-8-5-14-13(17)19/h10-11,15H,1-9H2,(H,14,19). The van der Waals surface area contributed by atoms with E-state index in [-0.39, 0.29) is 11.9 Å². The van der Waals surface area contributed by atoms with E-state index in [1.54, 1.807) is 0 Å². The molecule has 2 aliphatic heterocycles. The third kappa shape index (κ3) is 3.00.